The van der Waals surface area contributed by atoms with Crippen LogP contribution in [-0.4, -0.2) is 48.7 Å². The number of carbonyl (C=O) groups excluding carboxylic acids is 1. The van der Waals surface area contributed by atoms with Crippen LogP contribution in [0, 0.1) is 5.92 Å². The van der Waals surface area contributed by atoms with Crippen molar-refractivity contribution in [3.63, 3.8) is 0 Å². The Bertz CT molecular complexity index is 217. The molecular weight excluding hydrogens is 198 g/mol. The summed E-state index contributed by atoms with van der Waals surface area (Å²) in [6, 6.07) is 0. The molecule has 0 saturated carbocycles. The normalized spacial score (nSPS) is 12.2. The average Bonchev–Trinajstić information content (AvgIpc) is 2.16. The van der Waals surface area contributed by atoms with Crippen molar-refractivity contribution in [1.82, 2.24) is 4.90 Å². The Kier molecular flexibility index (Phi) is 6.70. The summed E-state index contributed by atoms with van der Waals surface area (Å²) in [4.78, 5) is 23.6. The predicted octanol–water partition coefficient (Wildman–Crippen LogP) is 0.592. The van der Waals surface area contributed by atoms with Gasteiger partial charge in [0.05, 0.1) is 12.5 Å². The second kappa shape index (κ2) is 7.23. The lowest BCUT2D eigenvalue weighted by Gasteiger charge is -2.23. The molecule has 0 aromatic carbocycles. The standard InChI is InChI=1S/C10H19NO4/c1-4-5-11(6-9(12)13)10(14)8(2)7-15-3/h8H,4-7H2,1-3H3,(H,12,13). The third kappa shape index (κ3) is 5.37. The molecule has 5 nitrogen and oxygen atoms in total. The lowest BCUT2D eigenvalue weighted by atomic mass is 10.1. The summed E-state index contributed by atoms with van der Waals surface area (Å²) in [6.45, 7) is 4.19. The number of rotatable bonds is 7. The van der Waals surface area contributed by atoms with Crippen molar-refractivity contribution in [3.8, 4) is 0 Å². The topological polar surface area (TPSA) is 66.8 Å². The van der Waals surface area contributed by atoms with E-state index in [2.05, 4.69) is 0 Å². The second-order valence-corrected chi connectivity index (χ2v) is 3.51. The molecule has 0 radical (unpaired) electrons. The Labute approximate surface area is 90.0 Å². The second-order valence-electron chi connectivity index (χ2n) is 3.51. The van der Waals surface area contributed by atoms with E-state index in [1.165, 1.54) is 12.0 Å². The monoisotopic (exact) mass is 217 g/mol. The van der Waals surface area contributed by atoms with Gasteiger partial charge in [0.1, 0.15) is 6.54 Å². The zero-order valence-electron chi connectivity index (χ0n) is 9.52. The Balaban J connectivity index is 4.32. The number of carboxylic acids is 1. The van der Waals surface area contributed by atoms with Crippen LogP contribution in [0.15, 0.2) is 0 Å². The third-order valence-corrected chi connectivity index (χ3v) is 1.97. The summed E-state index contributed by atoms with van der Waals surface area (Å²) in [6.07, 6.45) is 0.749. The lowest BCUT2D eigenvalue weighted by Crippen LogP contribution is -2.40. The van der Waals surface area contributed by atoms with Crippen molar-refractivity contribution >= 4 is 11.9 Å². The number of carboxylic acid groups (broad SMARTS) is 1. The van der Waals surface area contributed by atoms with Crippen LogP contribution >= 0.6 is 0 Å². The molecule has 0 fully saturated rings. The van der Waals surface area contributed by atoms with Gasteiger partial charge in [0.2, 0.25) is 5.91 Å². The van der Waals surface area contributed by atoms with Crippen LogP contribution in [0.1, 0.15) is 20.3 Å². The molecule has 1 atom stereocenters. The molecule has 0 heterocycles. The van der Waals surface area contributed by atoms with E-state index in [0.717, 1.165) is 6.42 Å². The number of hydrogen-bond donors (Lipinski definition) is 1. The molecule has 1 N–H and O–H groups in total. The highest BCUT2D eigenvalue weighted by molar-refractivity contribution is 5.82. The summed E-state index contributed by atoms with van der Waals surface area (Å²) in [5.41, 5.74) is 0. The first-order valence-electron chi connectivity index (χ1n) is 5.02. The van der Waals surface area contributed by atoms with Crippen molar-refractivity contribution in [2.45, 2.75) is 20.3 Å². The number of amides is 1. The van der Waals surface area contributed by atoms with Gasteiger partial charge in [0.25, 0.3) is 0 Å². The zero-order chi connectivity index (χ0) is 11.8. The highest BCUT2D eigenvalue weighted by atomic mass is 16.5. The van der Waals surface area contributed by atoms with E-state index in [4.69, 9.17) is 9.84 Å². The maximum Gasteiger partial charge on any atom is 0.323 e. The van der Waals surface area contributed by atoms with E-state index in [-0.39, 0.29) is 18.4 Å². The highest BCUT2D eigenvalue weighted by Crippen LogP contribution is 2.04. The van der Waals surface area contributed by atoms with Gasteiger partial charge in [-0.1, -0.05) is 13.8 Å². The van der Waals surface area contributed by atoms with Crippen molar-refractivity contribution in [1.29, 1.82) is 0 Å². The van der Waals surface area contributed by atoms with Crippen LogP contribution in [0.2, 0.25) is 0 Å². The molecule has 0 spiro atoms. The highest BCUT2D eigenvalue weighted by Gasteiger charge is 2.21. The fraction of sp³-hybridized carbons (Fsp3) is 0.800. The number of nitrogens with zero attached hydrogens (tertiary/aromatic N) is 1. The fourth-order valence-corrected chi connectivity index (χ4v) is 1.33. The zero-order valence-corrected chi connectivity index (χ0v) is 9.52. The summed E-state index contributed by atoms with van der Waals surface area (Å²) >= 11 is 0. The van der Waals surface area contributed by atoms with Gasteiger partial charge < -0.3 is 14.7 Å². The SMILES string of the molecule is CCCN(CC(=O)O)C(=O)C(C)COC. The minimum atomic E-state index is -0.985. The van der Waals surface area contributed by atoms with Crippen LogP contribution in [0.5, 0.6) is 0 Å². The first-order valence-corrected chi connectivity index (χ1v) is 5.02. The number of hydrogen-bond acceptors (Lipinski definition) is 3. The van der Waals surface area contributed by atoms with Gasteiger partial charge in [0, 0.05) is 13.7 Å². The Hall–Kier alpha value is -1.10. The first-order chi connectivity index (χ1) is 7.02. The van der Waals surface area contributed by atoms with E-state index in [1.54, 1.807) is 6.92 Å². The minimum absolute atomic E-state index is 0.166. The van der Waals surface area contributed by atoms with Crippen molar-refractivity contribution in [2.75, 3.05) is 26.8 Å². The first kappa shape index (κ1) is 13.9. The summed E-state index contributed by atoms with van der Waals surface area (Å²) in [5, 5.41) is 8.65. The molecule has 1 amide bonds. The molecule has 1 unspecified atom stereocenters. The van der Waals surface area contributed by atoms with Crippen LogP contribution < -0.4 is 0 Å². The van der Waals surface area contributed by atoms with Gasteiger partial charge >= 0.3 is 5.97 Å². The smallest absolute Gasteiger partial charge is 0.323 e. The summed E-state index contributed by atoms with van der Waals surface area (Å²) in [5.74, 6) is -1.44. The van der Waals surface area contributed by atoms with Gasteiger partial charge in [-0.2, -0.15) is 0 Å². The van der Waals surface area contributed by atoms with Gasteiger partial charge in [0.15, 0.2) is 0 Å². The number of aliphatic carboxylic acids is 1. The summed E-state index contributed by atoms with van der Waals surface area (Å²) < 4.78 is 4.86. The van der Waals surface area contributed by atoms with Crippen LogP contribution in [0.4, 0.5) is 0 Å². The third-order valence-electron chi connectivity index (χ3n) is 1.97. The van der Waals surface area contributed by atoms with E-state index in [0.29, 0.717) is 13.2 Å². The molecule has 0 aliphatic carbocycles. The fourth-order valence-electron chi connectivity index (χ4n) is 1.33. The Morgan fingerprint density at radius 1 is 1.47 bits per heavy atom. The van der Waals surface area contributed by atoms with Gasteiger partial charge in [-0.25, -0.2) is 0 Å². The van der Waals surface area contributed by atoms with Gasteiger partial charge in [-0.05, 0) is 6.42 Å². The van der Waals surface area contributed by atoms with Crippen LogP contribution in [0.25, 0.3) is 0 Å². The molecule has 88 valence electrons. The van der Waals surface area contributed by atoms with E-state index < -0.39 is 5.97 Å². The average molecular weight is 217 g/mol. The van der Waals surface area contributed by atoms with Crippen LogP contribution in [0.3, 0.4) is 0 Å². The van der Waals surface area contributed by atoms with Crippen molar-refractivity contribution < 1.29 is 19.4 Å². The molecular formula is C10H19NO4. The molecule has 0 bridgehead atoms. The summed E-state index contributed by atoms with van der Waals surface area (Å²) in [7, 11) is 1.52. The quantitative estimate of drug-likeness (QED) is 0.678. The molecule has 0 aromatic rings. The molecule has 0 saturated heterocycles. The molecule has 0 rings (SSSR count). The molecule has 0 aliphatic rings. The predicted molar refractivity (Wildman–Crippen MR) is 55.5 cm³/mol. The minimum Gasteiger partial charge on any atom is -0.480 e. The maximum atomic E-state index is 11.7. The largest absolute Gasteiger partial charge is 0.480 e. The van der Waals surface area contributed by atoms with E-state index in [1.807, 2.05) is 6.92 Å². The molecule has 15 heavy (non-hydrogen) atoms. The number of carbonyl (C=O) groups is 2. The van der Waals surface area contributed by atoms with Gasteiger partial charge in [-0.15, -0.1) is 0 Å². The van der Waals surface area contributed by atoms with Crippen molar-refractivity contribution in [3.05, 3.63) is 0 Å². The van der Waals surface area contributed by atoms with Crippen LogP contribution in [-0.2, 0) is 14.3 Å². The number of methoxy groups -OCH3 is 1. The van der Waals surface area contributed by atoms with Crippen molar-refractivity contribution in [2.24, 2.45) is 5.92 Å². The molecule has 0 aromatic heterocycles. The molecule has 5 heteroatoms. The Morgan fingerprint density at radius 3 is 2.47 bits per heavy atom. The lowest BCUT2D eigenvalue weighted by molar-refractivity contribution is -0.146. The van der Waals surface area contributed by atoms with E-state index in [9.17, 15) is 9.59 Å². The van der Waals surface area contributed by atoms with Gasteiger partial charge in [-0.3, -0.25) is 9.59 Å². The maximum absolute atomic E-state index is 11.7. The number of ether oxygens (including phenoxy) is 1. The molecule has 0 aliphatic heterocycles. The Morgan fingerprint density at radius 2 is 2.07 bits per heavy atom. The van der Waals surface area contributed by atoms with E-state index >= 15 is 0 Å².